The molecule has 8 heavy (non-hydrogen) atoms. The molecule has 0 aromatic rings. The first-order chi connectivity index (χ1) is 3.83. The van der Waals surface area contributed by atoms with Crippen molar-refractivity contribution in [3.8, 4) is 0 Å². The van der Waals surface area contributed by atoms with Gasteiger partial charge in [0, 0.05) is 0 Å². The first kappa shape index (κ1) is 6.41. The maximum absolute atomic E-state index is 11.7. The van der Waals surface area contributed by atoms with Crippen LogP contribution < -0.4 is 16.2 Å². The number of alkyl halides is 2. The molecule has 0 saturated carbocycles. The SMILES string of the molecule is FCC1NNC(Br)N1. The van der Waals surface area contributed by atoms with Crippen molar-refractivity contribution >= 4 is 15.9 Å². The lowest BCUT2D eigenvalue weighted by Crippen LogP contribution is -2.35. The first-order valence-corrected chi connectivity index (χ1v) is 3.21. The Bertz CT molecular complexity index is 80.9. The summed E-state index contributed by atoms with van der Waals surface area (Å²) in [6.07, 6.45) is -0.251. The molecule has 2 atom stereocenters. The number of halogens is 2. The van der Waals surface area contributed by atoms with Crippen molar-refractivity contribution in [2.24, 2.45) is 0 Å². The van der Waals surface area contributed by atoms with Gasteiger partial charge in [0.1, 0.15) is 17.9 Å². The summed E-state index contributed by atoms with van der Waals surface area (Å²) in [5.74, 6) is 0. The van der Waals surface area contributed by atoms with Gasteiger partial charge < -0.3 is 0 Å². The molecule has 0 bridgehead atoms. The lowest BCUT2D eigenvalue weighted by molar-refractivity contribution is 0.375. The second-order valence-corrected chi connectivity index (χ2v) is 2.44. The predicted octanol–water partition coefficient (Wildman–Crippen LogP) is -0.342. The van der Waals surface area contributed by atoms with E-state index in [1.807, 2.05) is 0 Å². The van der Waals surface area contributed by atoms with Crippen LogP contribution in [-0.4, -0.2) is 17.9 Å². The van der Waals surface area contributed by atoms with Gasteiger partial charge in [-0.15, -0.1) is 0 Å². The number of nitrogens with one attached hydrogen (secondary N) is 3. The second-order valence-electron chi connectivity index (χ2n) is 1.52. The van der Waals surface area contributed by atoms with Crippen molar-refractivity contribution < 1.29 is 4.39 Å². The maximum atomic E-state index is 11.7. The fourth-order valence-corrected chi connectivity index (χ4v) is 0.968. The summed E-state index contributed by atoms with van der Waals surface area (Å²) in [5.41, 5.74) is 5.41. The normalized spacial score (nSPS) is 38.2. The van der Waals surface area contributed by atoms with Gasteiger partial charge in [-0.1, -0.05) is 15.9 Å². The molecule has 0 spiro atoms. The Kier molecular flexibility index (Phi) is 2.18. The van der Waals surface area contributed by atoms with Crippen LogP contribution in [0.1, 0.15) is 0 Å². The molecule has 0 radical (unpaired) electrons. The summed E-state index contributed by atoms with van der Waals surface area (Å²) in [5, 5.41) is 2.81. The molecule has 0 amide bonds. The quantitative estimate of drug-likeness (QED) is 0.385. The molecule has 5 heteroatoms. The topological polar surface area (TPSA) is 36.1 Å². The molecular weight excluding hydrogens is 177 g/mol. The fraction of sp³-hybridized carbons (Fsp3) is 1.00. The van der Waals surface area contributed by atoms with E-state index in [1.165, 1.54) is 0 Å². The van der Waals surface area contributed by atoms with Gasteiger partial charge in [-0.05, 0) is 0 Å². The van der Waals surface area contributed by atoms with Crippen LogP contribution in [0.3, 0.4) is 0 Å². The third-order valence-electron chi connectivity index (χ3n) is 0.886. The highest BCUT2D eigenvalue weighted by molar-refractivity contribution is 9.09. The molecule has 2 unspecified atom stereocenters. The average Bonchev–Trinajstić information content (AvgIpc) is 2.14. The Hall–Kier alpha value is 0.290. The van der Waals surface area contributed by atoms with Gasteiger partial charge >= 0.3 is 0 Å². The minimum atomic E-state index is -0.408. The number of hydrogen-bond donors (Lipinski definition) is 3. The Morgan fingerprint density at radius 3 is 2.50 bits per heavy atom. The average molecular weight is 184 g/mol. The molecule has 1 heterocycles. The van der Waals surface area contributed by atoms with Crippen LogP contribution in [0, 0.1) is 0 Å². The van der Waals surface area contributed by atoms with Crippen molar-refractivity contribution in [2.75, 3.05) is 6.67 Å². The van der Waals surface area contributed by atoms with E-state index in [2.05, 4.69) is 32.1 Å². The molecule has 1 saturated heterocycles. The van der Waals surface area contributed by atoms with Gasteiger partial charge in [0.25, 0.3) is 0 Å². The summed E-state index contributed by atoms with van der Waals surface area (Å²) in [7, 11) is 0. The van der Waals surface area contributed by atoms with E-state index >= 15 is 0 Å². The Morgan fingerprint density at radius 1 is 1.50 bits per heavy atom. The monoisotopic (exact) mass is 183 g/mol. The van der Waals surface area contributed by atoms with Crippen molar-refractivity contribution in [3.05, 3.63) is 0 Å². The molecular formula is C3H7BrFN3. The van der Waals surface area contributed by atoms with Crippen molar-refractivity contribution in [1.82, 2.24) is 16.2 Å². The third-order valence-corrected chi connectivity index (χ3v) is 1.38. The number of hydrogen-bond acceptors (Lipinski definition) is 3. The van der Waals surface area contributed by atoms with E-state index in [-0.39, 0.29) is 11.2 Å². The van der Waals surface area contributed by atoms with E-state index in [9.17, 15) is 4.39 Å². The van der Waals surface area contributed by atoms with Gasteiger partial charge in [0.2, 0.25) is 0 Å². The Balaban J connectivity index is 2.22. The number of rotatable bonds is 1. The maximum Gasteiger partial charge on any atom is 0.129 e. The van der Waals surface area contributed by atoms with E-state index < -0.39 is 6.67 Å². The highest BCUT2D eigenvalue weighted by Crippen LogP contribution is 1.95. The van der Waals surface area contributed by atoms with E-state index in [4.69, 9.17) is 0 Å². The van der Waals surface area contributed by atoms with Crippen LogP contribution in [0.4, 0.5) is 4.39 Å². The van der Waals surface area contributed by atoms with Gasteiger partial charge in [-0.25, -0.2) is 15.2 Å². The Morgan fingerprint density at radius 2 is 2.25 bits per heavy atom. The van der Waals surface area contributed by atoms with Crippen LogP contribution in [0.5, 0.6) is 0 Å². The smallest absolute Gasteiger partial charge is 0.129 e. The molecule has 0 aliphatic carbocycles. The Labute approximate surface area is 55.1 Å². The highest BCUT2D eigenvalue weighted by Gasteiger charge is 2.18. The third kappa shape index (κ3) is 1.38. The molecule has 3 N–H and O–H groups in total. The molecule has 0 aromatic carbocycles. The molecule has 1 rings (SSSR count). The van der Waals surface area contributed by atoms with Crippen LogP contribution in [0.25, 0.3) is 0 Å². The second kappa shape index (κ2) is 2.72. The van der Waals surface area contributed by atoms with Crippen LogP contribution in [0.15, 0.2) is 0 Å². The standard InChI is InChI=1S/C3H7BrFN3/c4-3-6-2(1-5)7-8-3/h2-3,6-8H,1H2. The molecule has 0 aromatic heterocycles. The molecule has 1 fully saturated rings. The lowest BCUT2D eigenvalue weighted by atomic mass is 10.6. The molecule has 3 nitrogen and oxygen atoms in total. The number of hydrazine groups is 1. The van der Waals surface area contributed by atoms with Gasteiger partial charge in [-0.2, -0.15) is 0 Å². The molecule has 1 aliphatic rings. The van der Waals surface area contributed by atoms with Crippen LogP contribution in [-0.2, 0) is 0 Å². The minimum absolute atomic E-state index is 0.0109. The summed E-state index contributed by atoms with van der Waals surface area (Å²) >= 11 is 3.17. The molecule has 1 aliphatic heterocycles. The van der Waals surface area contributed by atoms with E-state index in [1.54, 1.807) is 0 Å². The van der Waals surface area contributed by atoms with Gasteiger partial charge in [0.15, 0.2) is 0 Å². The lowest BCUT2D eigenvalue weighted by Gasteiger charge is -2.00. The van der Waals surface area contributed by atoms with Crippen LogP contribution >= 0.6 is 15.9 Å². The zero-order valence-corrected chi connectivity index (χ0v) is 5.70. The summed E-state index contributed by atoms with van der Waals surface area (Å²) in [6, 6.07) is 0. The summed E-state index contributed by atoms with van der Waals surface area (Å²) in [4.78, 5) is 0. The molecule has 48 valence electrons. The van der Waals surface area contributed by atoms with Crippen molar-refractivity contribution in [1.29, 1.82) is 0 Å². The largest absolute Gasteiger partial charge is 0.273 e. The van der Waals surface area contributed by atoms with Crippen molar-refractivity contribution in [2.45, 2.75) is 11.2 Å². The van der Waals surface area contributed by atoms with E-state index in [0.717, 1.165) is 0 Å². The summed E-state index contributed by atoms with van der Waals surface area (Å²) < 4.78 is 11.7. The van der Waals surface area contributed by atoms with Crippen LogP contribution in [0.2, 0.25) is 0 Å². The zero-order chi connectivity index (χ0) is 5.98. The minimum Gasteiger partial charge on any atom is -0.273 e. The zero-order valence-electron chi connectivity index (χ0n) is 4.12. The predicted molar refractivity (Wildman–Crippen MR) is 31.9 cm³/mol. The summed E-state index contributed by atoms with van der Waals surface area (Å²) in [6.45, 7) is -0.408. The highest BCUT2D eigenvalue weighted by atomic mass is 79.9. The van der Waals surface area contributed by atoms with Crippen molar-refractivity contribution in [3.63, 3.8) is 0 Å². The fourth-order valence-electron chi connectivity index (χ4n) is 0.517. The van der Waals surface area contributed by atoms with Gasteiger partial charge in [-0.3, -0.25) is 5.32 Å². The first-order valence-electron chi connectivity index (χ1n) is 2.30. The van der Waals surface area contributed by atoms with E-state index in [0.29, 0.717) is 0 Å². The van der Waals surface area contributed by atoms with Gasteiger partial charge in [0.05, 0.1) is 0 Å².